The van der Waals surface area contributed by atoms with Gasteiger partial charge in [-0.2, -0.15) is 5.26 Å². The van der Waals surface area contributed by atoms with Crippen molar-refractivity contribution in [1.29, 1.82) is 5.26 Å². The third-order valence-electron chi connectivity index (χ3n) is 5.14. The summed E-state index contributed by atoms with van der Waals surface area (Å²) in [4.78, 5) is 8.05. The van der Waals surface area contributed by atoms with Crippen molar-refractivity contribution in [3.63, 3.8) is 0 Å². The Morgan fingerprint density at radius 1 is 1.21 bits per heavy atom. The number of hydrogen-bond donors (Lipinski definition) is 3. The molecule has 0 saturated heterocycles. The van der Waals surface area contributed by atoms with Crippen LogP contribution in [0.1, 0.15) is 18.4 Å². The van der Waals surface area contributed by atoms with Crippen molar-refractivity contribution in [1.82, 2.24) is 9.97 Å². The molecule has 33 heavy (non-hydrogen) atoms. The molecule has 1 aromatic heterocycles. The fourth-order valence-corrected chi connectivity index (χ4v) is 5.84. The molecule has 1 aliphatic rings. The van der Waals surface area contributed by atoms with Gasteiger partial charge in [0.2, 0.25) is 12.1 Å². The number of ether oxygens (including phenoxy) is 1. The number of nitriles is 1. The zero-order valence-electron chi connectivity index (χ0n) is 17.5. The quantitative estimate of drug-likeness (QED) is 0.328. The van der Waals surface area contributed by atoms with Gasteiger partial charge < -0.3 is 14.6 Å². The third kappa shape index (κ3) is 5.13. The molecule has 3 aromatic rings. The number of methoxy groups -OCH3 is 1. The fourth-order valence-electron chi connectivity index (χ4n) is 3.50. The highest BCUT2D eigenvalue weighted by molar-refractivity contribution is 8.00. The first kappa shape index (κ1) is 22.7. The second-order valence-electron chi connectivity index (χ2n) is 7.58. The second-order valence-corrected chi connectivity index (χ2v) is 10.4. The summed E-state index contributed by atoms with van der Waals surface area (Å²) in [6, 6.07) is 7.66. The number of anilines is 2. The van der Waals surface area contributed by atoms with E-state index in [0.29, 0.717) is 5.56 Å². The number of nitrogens with one attached hydrogen (secondary N) is 1. The molecular formula is C22H20F3N5O2S. The maximum atomic E-state index is 14.5. The normalized spacial score (nSPS) is 13.8. The van der Waals surface area contributed by atoms with E-state index in [2.05, 4.69) is 19.6 Å². The van der Waals surface area contributed by atoms with E-state index in [9.17, 15) is 17.7 Å². The zero-order valence-corrected chi connectivity index (χ0v) is 18.4. The number of halogens is 3. The molecule has 4 rings (SSSR count). The van der Waals surface area contributed by atoms with Crippen molar-refractivity contribution < 1.29 is 22.5 Å². The van der Waals surface area contributed by atoms with Gasteiger partial charge in [0.15, 0.2) is 5.82 Å². The lowest BCUT2D eigenvalue weighted by molar-refractivity contribution is 0.412. The summed E-state index contributed by atoms with van der Waals surface area (Å²) < 4.78 is 62.0. The molecule has 1 saturated carbocycles. The van der Waals surface area contributed by atoms with Crippen molar-refractivity contribution in [2.24, 2.45) is 4.36 Å². The van der Waals surface area contributed by atoms with Crippen LogP contribution in [0, 0.1) is 28.9 Å². The standard InChI is InChI=1S/C22H20F3N5O2S/c1-32-20-9-14(23)2-5-18(20)21-19(25)10-27-22(30-21)29-16-7-13(6-15(24)8-16)11-33(31,28-12-26)17-3-4-17/h2,5-10,17,33H,3-4,11H2,1H3,(H,28,31)(H,27,29,30). The molecule has 0 amide bonds. The van der Waals surface area contributed by atoms with E-state index in [0.717, 1.165) is 31.2 Å². The lowest BCUT2D eigenvalue weighted by atomic mass is 10.1. The minimum absolute atomic E-state index is 0.0247. The van der Waals surface area contributed by atoms with Crippen LogP contribution in [0.3, 0.4) is 0 Å². The number of hydrogen-bond acceptors (Lipinski definition) is 6. The Balaban J connectivity index is 1.65. The molecular weight excluding hydrogens is 455 g/mol. The molecule has 0 bridgehead atoms. The lowest BCUT2D eigenvalue weighted by Crippen LogP contribution is -2.19. The van der Waals surface area contributed by atoms with Gasteiger partial charge in [0.25, 0.3) is 0 Å². The highest BCUT2D eigenvalue weighted by Crippen LogP contribution is 2.37. The van der Waals surface area contributed by atoms with Gasteiger partial charge in [-0.1, -0.05) is 10.1 Å². The van der Waals surface area contributed by atoms with Crippen molar-refractivity contribution >= 4 is 21.7 Å². The van der Waals surface area contributed by atoms with Crippen molar-refractivity contribution in [2.75, 3.05) is 12.4 Å². The van der Waals surface area contributed by atoms with E-state index in [1.54, 1.807) is 12.3 Å². The molecule has 1 heterocycles. The summed E-state index contributed by atoms with van der Waals surface area (Å²) in [7, 11) is -1.57. The first-order valence-electron chi connectivity index (χ1n) is 9.96. The Hall–Kier alpha value is -3.49. The van der Waals surface area contributed by atoms with E-state index in [1.807, 2.05) is 0 Å². The van der Waals surface area contributed by atoms with Gasteiger partial charge in [-0.05, 0) is 48.7 Å². The van der Waals surface area contributed by atoms with Crippen LogP contribution >= 0.6 is 0 Å². The van der Waals surface area contributed by atoms with Crippen LogP contribution < -0.4 is 10.1 Å². The van der Waals surface area contributed by atoms with Gasteiger partial charge in [0.1, 0.15) is 23.1 Å². The summed E-state index contributed by atoms with van der Waals surface area (Å²) >= 11 is 0. The van der Waals surface area contributed by atoms with E-state index >= 15 is 0 Å². The average molecular weight is 475 g/mol. The third-order valence-corrected chi connectivity index (χ3v) is 8.09. The van der Waals surface area contributed by atoms with Crippen molar-refractivity contribution in [2.45, 2.75) is 23.8 Å². The second kappa shape index (κ2) is 9.17. The molecule has 0 aliphatic heterocycles. The minimum Gasteiger partial charge on any atom is -0.496 e. The predicted octanol–water partition coefficient (Wildman–Crippen LogP) is 5.00. The summed E-state index contributed by atoms with van der Waals surface area (Å²) in [5, 5.41) is 11.7. The number of nitrogens with zero attached hydrogens (tertiary/aromatic N) is 4. The zero-order chi connectivity index (χ0) is 23.6. The Bertz CT molecular complexity index is 1310. The predicted molar refractivity (Wildman–Crippen MR) is 120 cm³/mol. The summed E-state index contributed by atoms with van der Waals surface area (Å²) in [5.41, 5.74) is 0.830. The number of aromatic nitrogens is 2. The van der Waals surface area contributed by atoms with E-state index < -0.39 is 27.6 Å². The highest BCUT2D eigenvalue weighted by Gasteiger charge is 2.33. The van der Waals surface area contributed by atoms with Gasteiger partial charge in [-0.3, -0.25) is 0 Å². The van der Waals surface area contributed by atoms with Gasteiger partial charge in [0.05, 0.1) is 13.3 Å². The fraction of sp³-hybridized carbons (Fsp3) is 0.227. The monoisotopic (exact) mass is 475 g/mol. The molecule has 172 valence electrons. The van der Waals surface area contributed by atoms with Crippen molar-refractivity contribution in [3.05, 3.63) is 65.6 Å². The SMILES string of the molecule is COc1cc(F)ccc1-c1nc(Nc2cc(F)cc(C[SH](O)(=NC#N)C3CC3)c2)ncc1F. The molecule has 0 radical (unpaired) electrons. The molecule has 11 heteroatoms. The first-order valence-corrected chi connectivity index (χ1v) is 11.9. The molecule has 2 N–H and O–H groups in total. The summed E-state index contributed by atoms with van der Waals surface area (Å²) in [6.45, 7) is 0. The lowest BCUT2D eigenvalue weighted by Gasteiger charge is -2.22. The topological polar surface area (TPSA) is 103 Å². The molecule has 2 aromatic carbocycles. The van der Waals surface area contributed by atoms with Gasteiger partial charge >= 0.3 is 0 Å². The number of benzene rings is 2. The van der Waals surface area contributed by atoms with Crippen LogP contribution in [-0.2, 0) is 15.9 Å². The summed E-state index contributed by atoms with van der Waals surface area (Å²) in [6.07, 6.45) is 4.20. The highest BCUT2D eigenvalue weighted by atomic mass is 32.3. The Kier molecular flexibility index (Phi) is 6.31. The molecule has 1 aliphatic carbocycles. The van der Waals surface area contributed by atoms with E-state index in [1.165, 1.54) is 25.3 Å². The molecule has 0 spiro atoms. The van der Waals surface area contributed by atoms with Crippen LogP contribution in [0.5, 0.6) is 5.75 Å². The van der Waals surface area contributed by atoms with Crippen molar-refractivity contribution in [3.8, 4) is 23.2 Å². The summed E-state index contributed by atoms with van der Waals surface area (Å²) in [5.74, 6) is -1.73. The van der Waals surface area contributed by atoms with Crippen LogP contribution in [0.15, 0.2) is 47.0 Å². The smallest absolute Gasteiger partial charge is 0.227 e. The van der Waals surface area contributed by atoms with Crippen LogP contribution in [0.4, 0.5) is 24.8 Å². The van der Waals surface area contributed by atoms with Gasteiger partial charge in [0, 0.05) is 28.3 Å². The van der Waals surface area contributed by atoms with Crippen LogP contribution in [-0.4, -0.2) is 26.9 Å². The van der Waals surface area contributed by atoms with E-state index in [4.69, 9.17) is 10.00 Å². The average Bonchev–Trinajstić information content (AvgIpc) is 3.61. The maximum Gasteiger partial charge on any atom is 0.227 e. The molecule has 1 fully saturated rings. The first-order chi connectivity index (χ1) is 15.8. The molecule has 0 atom stereocenters. The minimum atomic E-state index is -2.90. The molecule has 7 nitrogen and oxygen atoms in total. The molecule has 0 unspecified atom stereocenters. The van der Waals surface area contributed by atoms with Gasteiger partial charge in [-0.15, -0.1) is 4.36 Å². The van der Waals surface area contributed by atoms with Gasteiger partial charge in [-0.25, -0.2) is 23.1 Å². The Labute approximate surface area is 189 Å². The van der Waals surface area contributed by atoms with E-state index in [-0.39, 0.29) is 39.6 Å². The Morgan fingerprint density at radius 2 is 2.00 bits per heavy atom. The Morgan fingerprint density at radius 3 is 2.70 bits per heavy atom. The van der Waals surface area contributed by atoms with Crippen LogP contribution in [0.2, 0.25) is 0 Å². The number of thiol groups is 1. The maximum absolute atomic E-state index is 14.5. The van der Waals surface area contributed by atoms with Crippen LogP contribution in [0.25, 0.3) is 11.3 Å². The largest absolute Gasteiger partial charge is 0.496 e. The number of rotatable bonds is 7.